The van der Waals surface area contributed by atoms with Gasteiger partial charge in [-0.2, -0.15) is 35.1 Å². The minimum atomic E-state index is -6.72. The summed E-state index contributed by atoms with van der Waals surface area (Å²) in [5, 5.41) is 9.93. The molecule has 0 aromatic heterocycles. The maximum atomic E-state index is 13.9. The van der Waals surface area contributed by atoms with Crippen LogP contribution in [0.2, 0.25) is 0 Å². The summed E-state index contributed by atoms with van der Waals surface area (Å²) < 4.78 is 127. The van der Waals surface area contributed by atoms with Gasteiger partial charge >= 0.3 is 56.7 Å². The van der Waals surface area contributed by atoms with E-state index < -0.39 is 57.3 Å². The topological polar surface area (TPSA) is 74.3 Å². The first-order valence-electron chi connectivity index (χ1n) is 5.58. The molecule has 4 nitrogen and oxygen atoms in total. The number of carbonyl (C=O) groups excluding carboxylic acids is 3. The Kier molecular flexibility index (Phi) is 8.75. The summed E-state index contributed by atoms with van der Waals surface area (Å²) in [6.07, 6.45) is 0. The third kappa shape index (κ3) is 4.64. The predicted molar refractivity (Wildman–Crippen MR) is 66.0 cm³/mol. The van der Waals surface area contributed by atoms with Gasteiger partial charge in [0.05, 0.1) is 0 Å². The summed E-state index contributed by atoms with van der Waals surface area (Å²) in [5.74, 6) is -31.6. The van der Waals surface area contributed by atoms with Crippen LogP contribution in [0.5, 0.6) is 0 Å². The van der Waals surface area contributed by atoms with Crippen LogP contribution >= 0.6 is 31.9 Å². The molecule has 0 saturated heterocycles. The van der Waals surface area contributed by atoms with Crippen LogP contribution < -0.4 is 34.7 Å². The fourth-order valence-electron chi connectivity index (χ4n) is 1.25. The number of rotatable bonds is 8. The third-order valence-corrected chi connectivity index (χ3v) is 4.81. The molecule has 2 unspecified atom stereocenters. The van der Waals surface area contributed by atoms with E-state index >= 15 is 0 Å². The van der Waals surface area contributed by atoms with Crippen LogP contribution in [0.3, 0.4) is 0 Å². The van der Waals surface area contributed by atoms with E-state index in [1.807, 2.05) is 0 Å². The first-order chi connectivity index (χ1) is 11.0. The van der Waals surface area contributed by atoms with E-state index in [-0.39, 0.29) is 29.6 Å². The Bertz CT molecular complexity index is 632. The number of hydrogen-bond acceptors (Lipinski definition) is 4. The zero-order chi connectivity index (χ0) is 21.7. The molecule has 0 saturated carbocycles. The van der Waals surface area contributed by atoms with Crippen LogP contribution in [0, 0.1) is 0 Å². The molecule has 0 amide bonds. The molecule has 0 aliphatic heterocycles. The monoisotopic (exact) mass is 558 g/mol. The average Bonchev–Trinajstić information content (AvgIpc) is 2.43. The van der Waals surface area contributed by atoms with Crippen molar-refractivity contribution >= 4 is 49.4 Å². The summed E-state index contributed by atoms with van der Waals surface area (Å²) in [6.45, 7) is -0.929. The molecule has 0 bridgehead atoms. The van der Waals surface area contributed by atoms with Crippen molar-refractivity contribution in [2.45, 2.75) is 39.8 Å². The van der Waals surface area contributed by atoms with Gasteiger partial charge in [0, 0.05) is 0 Å². The Morgan fingerprint density at radius 2 is 1.04 bits per heavy atom. The molecule has 0 aliphatic rings. The summed E-state index contributed by atoms with van der Waals surface area (Å²) >= 11 is 2.26. The third-order valence-electron chi connectivity index (χ3n) is 2.88. The van der Waals surface area contributed by atoms with Crippen molar-refractivity contribution in [2.24, 2.45) is 0 Å². The maximum absolute atomic E-state index is 13.9. The molecule has 0 aromatic carbocycles. The normalized spacial score (nSPS) is 18.0. The molecule has 0 spiro atoms. The van der Waals surface area contributed by atoms with Gasteiger partial charge in [0.2, 0.25) is 5.67 Å². The fourth-order valence-corrected chi connectivity index (χ4v) is 1.68. The Labute approximate surface area is 181 Å². The number of carbonyl (C=O) groups is 3. The molecule has 17 heteroatoms. The second-order valence-corrected chi connectivity index (χ2v) is 6.83. The van der Waals surface area contributed by atoms with Crippen molar-refractivity contribution in [3.05, 3.63) is 0 Å². The van der Waals surface area contributed by atoms with Crippen LogP contribution in [-0.4, -0.2) is 50.4 Å². The fraction of sp³-hybridized carbons (Fsp3) is 0.700. The van der Waals surface area contributed by atoms with E-state index in [2.05, 4.69) is 0 Å². The summed E-state index contributed by atoms with van der Waals surface area (Å²) in [7, 11) is 0. The van der Waals surface area contributed by atoms with Gasteiger partial charge in [-0.25, -0.2) is 8.78 Å². The second kappa shape index (κ2) is 8.07. The number of Topliss-reactive ketones (excluding diaryl/α,β-unsaturated/α-hetero) is 2. The van der Waals surface area contributed by atoms with E-state index in [0.717, 1.165) is 31.9 Å². The van der Waals surface area contributed by atoms with Gasteiger partial charge in [-0.05, 0) is 38.8 Å². The SMILES string of the molecule is CC(F)(C(=O)C(F)(F)C(F)(F)C(=O)[O-])C(F)(F)C(=O)C(F)(Br)C(F)(F)Br.[Na+]. The van der Waals surface area contributed by atoms with Crippen LogP contribution in [0.25, 0.3) is 0 Å². The average molecular weight is 560 g/mol. The molecule has 0 fully saturated rings. The van der Waals surface area contributed by atoms with E-state index in [9.17, 15) is 63.4 Å². The zero-order valence-electron chi connectivity index (χ0n) is 12.7. The number of aliphatic carboxylic acids is 1. The minimum Gasteiger partial charge on any atom is -0.544 e. The molecule has 2 atom stereocenters. The maximum Gasteiger partial charge on any atom is 1.00 e. The second-order valence-electron chi connectivity index (χ2n) is 4.74. The smallest absolute Gasteiger partial charge is 0.544 e. The molecular formula is C10H3Br2F10NaO4. The van der Waals surface area contributed by atoms with Crippen LogP contribution in [0.4, 0.5) is 43.9 Å². The van der Waals surface area contributed by atoms with Gasteiger partial charge < -0.3 is 9.90 Å². The van der Waals surface area contributed by atoms with Crippen molar-refractivity contribution in [1.29, 1.82) is 0 Å². The molecule has 0 aromatic rings. The quantitative estimate of drug-likeness (QED) is 0.230. The first-order valence-corrected chi connectivity index (χ1v) is 7.17. The van der Waals surface area contributed by atoms with Gasteiger partial charge in [0.25, 0.3) is 11.6 Å². The summed E-state index contributed by atoms with van der Waals surface area (Å²) in [5.41, 5.74) is -5.74. The van der Waals surface area contributed by atoms with E-state index in [0.29, 0.717) is 0 Å². The number of carboxylic acids is 1. The number of hydrogen-bond donors (Lipinski definition) is 0. The van der Waals surface area contributed by atoms with Gasteiger partial charge in [0.15, 0.2) is 0 Å². The Hall–Kier alpha value is 0.0700. The summed E-state index contributed by atoms with van der Waals surface area (Å²) in [6, 6.07) is 0. The largest absolute Gasteiger partial charge is 1.00 e. The van der Waals surface area contributed by atoms with E-state index in [1.165, 1.54) is 0 Å². The van der Waals surface area contributed by atoms with Crippen LogP contribution in [0.1, 0.15) is 6.92 Å². The van der Waals surface area contributed by atoms with Crippen LogP contribution in [-0.2, 0) is 14.4 Å². The standard InChI is InChI=1S/C10H4Br2F10O4.Na/c1-5(13,2(23)8(17,18)9(19,20)4(25)26)7(15,16)3(24)6(11,14)10(12,21)22;/h1H3,(H,25,26);/q;+1/p-1. The van der Waals surface area contributed by atoms with Crippen molar-refractivity contribution in [3.8, 4) is 0 Å². The Morgan fingerprint density at radius 1 is 0.704 bits per heavy atom. The van der Waals surface area contributed by atoms with Crippen molar-refractivity contribution in [3.63, 3.8) is 0 Å². The van der Waals surface area contributed by atoms with E-state index in [4.69, 9.17) is 0 Å². The predicted octanol–water partition coefficient (Wildman–Crippen LogP) is -0.439. The number of halogens is 12. The van der Waals surface area contributed by atoms with Crippen LogP contribution in [0.15, 0.2) is 0 Å². The first kappa shape index (κ1) is 29.3. The molecule has 0 N–H and O–H groups in total. The van der Waals surface area contributed by atoms with Gasteiger partial charge in [-0.1, -0.05) is 0 Å². The van der Waals surface area contributed by atoms with E-state index in [1.54, 1.807) is 0 Å². The molecular weight excluding hydrogens is 557 g/mol. The molecule has 152 valence electrons. The molecule has 0 heterocycles. The van der Waals surface area contributed by atoms with Crippen molar-refractivity contribution in [2.75, 3.05) is 0 Å². The summed E-state index contributed by atoms with van der Waals surface area (Å²) in [4.78, 5) is 27.0. The van der Waals surface area contributed by atoms with Crippen molar-refractivity contribution < 1.29 is 93.0 Å². The molecule has 0 rings (SSSR count). The minimum absolute atomic E-state index is 0. The number of carboxylic acid groups (broad SMARTS) is 1. The Morgan fingerprint density at radius 3 is 1.30 bits per heavy atom. The zero-order valence-corrected chi connectivity index (χ0v) is 17.8. The number of ketones is 2. The van der Waals surface area contributed by atoms with Gasteiger partial charge in [0.1, 0.15) is 5.97 Å². The molecule has 0 aliphatic carbocycles. The van der Waals surface area contributed by atoms with Crippen molar-refractivity contribution in [1.82, 2.24) is 0 Å². The van der Waals surface area contributed by atoms with Gasteiger partial charge in [-0.15, -0.1) is 0 Å². The molecule has 27 heavy (non-hydrogen) atoms. The number of alkyl halides is 12. The molecule has 0 radical (unpaired) electrons. The Balaban J connectivity index is 0. The van der Waals surface area contributed by atoms with Gasteiger partial charge in [-0.3, -0.25) is 9.59 Å².